The van der Waals surface area contributed by atoms with Crippen molar-refractivity contribution in [1.29, 1.82) is 0 Å². The Bertz CT molecular complexity index is 827. The van der Waals surface area contributed by atoms with Gasteiger partial charge >= 0.3 is 11.7 Å². The summed E-state index contributed by atoms with van der Waals surface area (Å²) in [7, 11) is 0. The minimum absolute atomic E-state index is 0.0690. The maximum absolute atomic E-state index is 12.2. The normalized spacial score (nSPS) is 27.7. The maximum Gasteiger partial charge on any atom is 0.326 e. The van der Waals surface area contributed by atoms with Gasteiger partial charge in [0.05, 0.1) is 11.0 Å². The lowest BCUT2D eigenvalue weighted by Crippen LogP contribution is -2.49. The monoisotopic (exact) mass is 344 g/mol. The molecule has 1 aromatic heterocycles. The molecule has 25 heavy (non-hydrogen) atoms. The number of fused-ring (bicyclic) bond motifs is 3. The number of aliphatic hydroxyl groups excluding tert-OH is 1. The summed E-state index contributed by atoms with van der Waals surface area (Å²) >= 11 is 0. The molecule has 7 heteroatoms. The van der Waals surface area contributed by atoms with Crippen LogP contribution in [0.15, 0.2) is 29.1 Å². The predicted molar refractivity (Wildman–Crippen MR) is 94.3 cm³/mol. The van der Waals surface area contributed by atoms with E-state index >= 15 is 0 Å². The number of hydrogen-bond acceptors (Lipinski definition) is 3. The lowest BCUT2D eigenvalue weighted by atomic mass is 9.85. The largest absolute Gasteiger partial charge is 0.396 e. The molecule has 2 aliphatic rings. The molecule has 134 valence electrons. The minimum Gasteiger partial charge on any atom is -0.396 e. The number of amides is 2. The van der Waals surface area contributed by atoms with Crippen LogP contribution in [0.2, 0.25) is 0 Å². The second-order valence-corrected chi connectivity index (χ2v) is 7.20. The fraction of sp³-hybridized carbons (Fsp3) is 0.556. The van der Waals surface area contributed by atoms with E-state index < -0.39 is 0 Å². The molecule has 2 aliphatic carbocycles. The van der Waals surface area contributed by atoms with Crippen LogP contribution in [0.5, 0.6) is 0 Å². The van der Waals surface area contributed by atoms with Crippen molar-refractivity contribution in [2.75, 3.05) is 13.2 Å². The minimum atomic E-state index is -0.219. The van der Waals surface area contributed by atoms with Gasteiger partial charge in [0.1, 0.15) is 0 Å². The van der Waals surface area contributed by atoms with E-state index in [1.54, 1.807) is 4.57 Å². The lowest BCUT2D eigenvalue weighted by Gasteiger charge is -2.30. The SMILES string of the molecule is O=C(NCCn1c(=O)[nH]c2ccccc21)NC1C2CCC(C2)C1CO. The van der Waals surface area contributed by atoms with Gasteiger partial charge in [-0.2, -0.15) is 0 Å². The third-order valence-corrected chi connectivity index (χ3v) is 5.90. The molecule has 2 bridgehead atoms. The van der Waals surface area contributed by atoms with Gasteiger partial charge in [-0.25, -0.2) is 9.59 Å². The first-order valence-corrected chi connectivity index (χ1v) is 9.00. The van der Waals surface area contributed by atoms with Gasteiger partial charge in [0.15, 0.2) is 0 Å². The van der Waals surface area contributed by atoms with Gasteiger partial charge in [0.25, 0.3) is 0 Å². The van der Waals surface area contributed by atoms with Crippen molar-refractivity contribution in [3.05, 3.63) is 34.7 Å². The number of urea groups is 1. The Kier molecular flexibility index (Phi) is 4.25. The molecule has 2 fully saturated rings. The molecule has 4 unspecified atom stereocenters. The zero-order valence-electron chi connectivity index (χ0n) is 14.1. The Labute approximate surface area is 145 Å². The van der Waals surface area contributed by atoms with Crippen LogP contribution in [0.3, 0.4) is 0 Å². The van der Waals surface area contributed by atoms with E-state index in [1.165, 1.54) is 6.42 Å². The number of H-pyrrole nitrogens is 1. The fourth-order valence-electron chi connectivity index (χ4n) is 4.71. The molecule has 0 spiro atoms. The second-order valence-electron chi connectivity index (χ2n) is 7.20. The van der Waals surface area contributed by atoms with E-state index in [0.717, 1.165) is 23.9 Å². The zero-order chi connectivity index (χ0) is 17.4. The Morgan fingerprint density at radius 3 is 2.92 bits per heavy atom. The number of imidazole rings is 1. The van der Waals surface area contributed by atoms with Crippen molar-refractivity contribution in [3.8, 4) is 0 Å². The number of benzene rings is 1. The van der Waals surface area contributed by atoms with E-state index in [9.17, 15) is 14.7 Å². The summed E-state index contributed by atoms with van der Waals surface area (Å²) in [6.07, 6.45) is 3.41. The van der Waals surface area contributed by atoms with Crippen LogP contribution in [0.4, 0.5) is 4.79 Å². The smallest absolute Gasteiger partial charge is 0.326 e. The van der Waals surface area contributed by atoms with Gasteiger partial charge in [-0.3, -0.25) is 4.57 Å². The van der Waals surface area contributed by atoms with E-state index in [2.05, 4.69) is 15.6 Å². The average molecular weight is 344 g/mol. The molecular formula is C18H24N4O3. The average Bonchev–Trinajstić information content (AvgIpc) is 3.28. The van der Waals surface area contributed by atoms with Crippen molar-refractivity contribution in [2.24, 2.45) is 17.8 Å². The molecule has 1 aromatic carbocycles. The number of aromatic nitrogens is 2. The highest BCUT2D eigenvalue weighted by molar-refractivity contribution is 5.75. The van der Waals surface area contributed by atoms with Crippen LogP contribution in [0.1, 0.15) is 19.3 Å². The molecule has 0 radical (unpaired) electrons. The number of rotatable bonds is 5. The molecule has 0 aliphatic heterocycles. The number of hydrogen-bond donors (Lipinski definition) is 4. The Morgan fingerprint density at radius 1 is 1.28 bits per heavy atom. The topological polar surface area (TPSA) is 99.2 Å². The Morgan fingerprint density at radius 2 is 2.08 bits per heavy atom. The molecular weight excluding hydrogens is 320 g/mol. The highest BCUT2D eigenvalue weighted by atomic mass is 16.3. The van der Waals surface area contributed by atoms with Gasteiger partial charge in [-0.15, -0.1) is 0 Å². The van der Waals surface area contributed by atoms with Gasteiger partial charge in [-0.05, 0) is 43.2 Å². The predicted octanol–water partition coefficient (Wildman–Crippen LogP) is 1.04. The van der Waals surface area contributed by atoms with Crippen LogP contribution in [-0.2, 0) is 6.54 Å². The number of nitrogens with one attached hydrogen (secondary N) is 3. The maximum atomic E-state index is 12.2. The van der Waals surface area contributed by atoms with Crippen molar-refractivity contribution < 1.29 is 9.90 Å². The molecule has 7 nitrogen and oxygen atoms in total. The van der Waals surface area contributed by atoms with Crippen molar-refractivity contribution in [1.82, 2.24) is 20.2 Å². The van der Waals surface area contributed by atoms with Gasteiger partial charge in [-0.1, -0.05) is 12.1 Å². The fourth-order valence-corrected chi connectivity index (χ4v) is 4.71. The van der Waals surface area contributed by atoms with Gasteiger partial charge < -0.3 is 20.7 Å². The molecule has 0 saturated heterocycles. The summed E-state index contributed by atoms with van der Waals surface area (Å²) in [4.78, 5) is 27.0. The number of aromatic amines is 1. The first kappa shape index (κ1) is 16.2. The Hall–Kier alpha value is -2.28. The molecule has 2 amide bonds. The Balaban J connectivity index is 1.33. The summed E-state index contributed by atoms with van der Waals surface area (Å²) in [5.74, 6) is 1.22. The van der Waals surface area contributed by atoms with Crippen LogP contribution < -0.4 is 16.3 Å². The summed E-state index contributed by atoms with van der Waals surface area (Å²) in [6.45, 7) is 0.922. The third kappa shape index (κ3) is 2.93. The van der Waals surface area contributed by atoms with Crippen molar-refractivity contribution in [2.45, 2.75) is 31.8 Å². The first-order chi connectivity index (χ1) is 12.2. The third-order valence-electron chi connectivity index (χ3n) is 5.90. The highest BCUT2D eigenvalue weighted by Crippen LogP contribution is 2.48. The summed E-state index contributed by atoms with van der Waals surface area (Å²) < 4.78 is 1.63. The molecule has 4 atom stereocenters. The van der Waals surface area contributed by atoms with Gasteiger partial charge in [0, 0.05) is 31.7 Å². The molecule has 4 rings (SSSR count). The lowest BCUT2D eigenvalue weighted by molar-refractivity contribution is 0.144. The molecule has 4 N–H and O–H groups in total. The standard InChI is InChI=1S/C18H24N4O3/c23-10-13-11-5-6-12(9-11)16(13)21-17(24)19-7-8-22-15-4-2-1-3-14(15)20-18(22)25/h1-4,11-13,16,23H,5-10H2,(H,20,25)(H2,19,21,24). The summed E-state index contributed by atoms with van der Waals surface area (Å²) in [5, 5.41) is 15.5. The molecule has 2 aromatic rings. The van der Waals surface area contributed by atoms with E-state index in [0.29, 0.717) is 24.9 Å². The van der Waals surface area contributed by atoms with Crippen LogP contribution >= 0.6 is 0 Å². The number of nitrogens with zero attached hydrogens (tertiary/aromatic N) is 1. The molecule has 2 saturated carbocycles. The van der Waals surface area contributed by atoms with Crippen LogP contribution in [0, 0.1) is 17.8 Å². The van der Waals surface area contributed by atoms with E-state index in [-0.39, 0.29) is 30.3 Å². The van der Waals surface area contributed by atoms with Gasteiger partial charge in [0.2, 0.25) is 0 Å². The summed E-state index contributed by atoms with van der Waals surface area (Å²) in [6, 6.07) is 7.35. The number of carbonyl (C=O) groups excluding carboxylic acids is 1. The van der Waals surface area contributed by atoms with Crippen molar-refractivity contribution >= 4 is 17.1 Å². The van der Waals surface area contributed by atoms with Crippen LogP contribution in [0.25, 0.3) is 11.0 Å². The number of aliphatic hydroxyl groups is 1. The first-order valence-electron chi connectivity index (χ1n) is 9.00. The molecule has 1 heterocycles. The van der Waals surface area contributed by atoms with E-state index in [4.69, 9.17) is 0 Å². The summed E-state index contributed by atoms with van der Waals surface area (Å²) in [5.41, 5.74) is 1.46. The van der Waals surface area contributed by atoms with Crippen molar-refractivity contribution in [3.63, 3.8) is 0 Å². The zero-order valence-corrected chi connectivity index (χ0v) is 14.1. The highest BCUT2D eigenvalue weighted by Gasteiger charge is 2.47. The second kappa shape index (κ2) is 6.55. The number of carbonyl (C=O) groups is 1. The number of para-hydroxylation sites is 2. The van der Waals surface area contributed by atoms with E-state index in [1.807, 2.05) is 24.3 Å². The van der Waals surface area contributed by atoms with Crippen LogP contribution in [-0.4, -0.2) is 39.9 Å². The quantitative estimate of drug-likeness (QED) is 0.652.